The second-order valence-corrected chi connectivity index (χ2v) is 5.01. The van der Waals surface area contributed by atoms with Crippen molar-refractivity contribution < 1.29 is 18.3 Å². The van der Waals surface area contributed by atoms with Crippen molar-refractivity contribution in [1.29, 1.82) is 0 Å². The van der Waals surface area contributed by atoms with E-state index in [0.29, 0.717) is 5.56 Å². The van der Waals surface area contributed by atoms with Crippen LogP contribution in [-0.4, -0.2) is 26.0 Å². The number of nitrogens with one attached hydrogen (secondary N) is 1. The van der Waals surface area contributed by atoms with Crippen LogP contribution in [0.1, 0.15) is 5.56 Å². The third-order valence-electron chi connectivity index (χ3n) is 1.95. The minimum absolute atomic E-state index is 0.0573. The molecule has 0 aliphatic carbocycles. The topological polar surface area (TPSA) is 83.5 Å². The molecule has 0 atom stereocenters. The summed E-state index contributed by atoms with van der Waals surface area (Å²) in [5, 5.41) is 8.56. The van der Waals surface area contributed by atoms with Crippen LogP contribution in [0.25, 0.3) is 0 Å². The molecule has 1 aromatic carbocycles. The molecular formula is C11H11NO4S. The zero-order chi connectivity index (χ0) is 12.9. The van der Waals surface area contributed by atoms with Crippen molar-refractivity contribution in [1.82, 2.24) is 4.72 Å². The maximum Gasteiger partial charge on any atom is 0.307 e. The van der Waals surface area contributed by atoms with Gasteiger partial charge >= 0.3 is 5.97 Å². The van der Waals surface area contributed by atoms with Crippen LogP contribution in [0.3, 0.4) is 0 Å². The number of hydrogen-bond acceptors (Lipinski definition) is 3. The van der Waals surface area contributed by atoms with Crippen molar-refractivity contribution in [2.45, 2.75) is 11.3 Å². The zero-order valence-corrected chi connectivity index (χ0v) is 9.70. The summed E-state index contributed by atoms with van der Waals surface area (Å²) in [6.07, 6.45) is 4.81. The third-order valence-corrected chi connectivity index (χ3v) is 3.37. The fraction of sp³-hybridized carbons (Fsp3) is 0.182. The Morgan fingerprint density at radius 2 is 1.94 bits per heavy atom. The molecule has 0 saturated heterocycles. The second kappa shape index (κ2) is 5.48. The first kappa shape index (κ1) is 13.2. The van der Waals surface area contributed by atoms with Gasteiger partial charge in [0.1, 0.15) is 0 Å². The quantitative estimate of drug-likeness (QED) is 0.735. The number of sulfonamides is 1. The summed E-state index contributed by atoms with van der Waals surface area (Å²) in [6, 6.07) is 5.60. The molecule has 0 aliphatic heterocycles. The predicted molar refractivity (Wildman–Crippen MR) is 61.8 cm³/mol. The van der Waals surface area contributed by atoms with Gasteiger partial charge in [-0.1, -0.05) is 18.1 Å². The smallest absolute Gasteiger partial charge is 0.307 e. The Morgan fingerprint density at radius 3 is 2.41 bits per heavy atom. The van der Waals surface area contributed by atoms with Crippen LogP contribution in [-0.2, 0) is 21.2 Å². The minimum Gasteiger partial charge on any atom is -0.481 e. The van der Waals surface area contributed by atoms with Gasteiger partial charge in [0.2, 0.25) is 10.0 Å². The minimum atomic E-state index is -3.61. The number of carboxylic acid groups (broad SMARTS) is 1. The molecule has 17 heavy (non-hydrogen) atoms. The maximum absolute atomic E-state index is 11.6. The van der Waals surface area contributed by atoms with Gasteiger partial charge in [-0.3, -0.25) is 4.79 Å². The fourth-order valence-corrected chi connectivity index (χ4v) is 2.12. The summed E-state index contributed by atoms with van der Waals surface area (Å²) in [5.41, 5.74) is 0.536. The van der Waals surface area contributed by atoms with E-state index in [-0.39, 0.29) is 17.9 Å². The molecule has 90 valence electrons. The number of terminal acetylenes is 1. The first-order valence-electron chi connectivity index (χ1n) is 4.69. The molecule has 0 bridgehead atoms. The number of hydrogen-bond donors (Lipinski definition) is 2. The highest BCUT2D eigenvalue weighted by Gasteiger charge is 2.12. The average Bonchev–Trinajstić information content (AvgIpc) is 2.26. The lowest BCUT2D eigenvalue weighted by molar-refractivity contribution is -0.136. The van der Waals surface area contributed by atoms with E-state index in [1.54, 1.807) is 0 Å². The van der Waals surface area contributed by atoms with Crippen LogP contribution >= 0.6 is 0 Å². The molecule has 0 radical (unpaired) electrons. The standard InChI is InChI=1S/C11H11NO4S/c1-2-7-12-17(15,16)10-5-3-9(4-6-10)8-11(13)14/h1,3-6,12H,7-8H2,(H,13,14). The summed E-state index contributed by atoms with van der Waals surface area (Å²) in [7, 11) is -3.61. The van der Waals surface area contributed by atoms with Crippen molar-refractivity contribution in [2.24, 2.45) is 0 Å². The Morgan fingerprint density at radius 1 is 1.35 bits per heavy atom. The maximum atomic E-state index is 11.6. The molecular weight excluding hydrogens is 242 g/mol. The summed E-state index contributed by atoms with van der Waals surface area (Å²) in [6.45, 7) is -0.0841. The molecule has 0 unspecified atom stereocenters. The number of carbonyl (C=O) groups is 1. The molecule has 0 spiro atoms. The van der Waals surface area contributed by atoms with E-state index in [4.69, 9.17) is 11.5 Å². The number of aliphatic carboxylic acids is 1. The van der Waals surface area contributed by atoms with Gasteiger partial charge in [-0.25, -0.2) is 8.42 Å². The lowest BCUT2D eigenvalue weighted by Gasteiger charge is -2.04. The molecule has 2 N–H and O–H groups in total. The van der Waals surface area contributed by atoms with Crippen molar-refractivity contribution in [3.8, 4) is 12.3 Å². The van der Waals surface area contributed by atoms with Gasteiger partial charge in [-0.15, -0.1) is 6.42 Å². The van der Waals surface area contributed by atoms with Crippen LogP contribution in [0.15, 0.2) is 29.2 Å². The largest absolute Gasteiger partial charge is 0.481 e. The fourth-order valence-electron chi connectivity index (χ4n) is 1.18. The summed E-state index contributed by atoms with van der Waals surface area (Å²) in [4.78, 5) is 10.5. The molecule has 0 amide bonds. The van der Waals surface area contributed by atoms with Crippen molar-refractivity contribution in [2.75, 3.05) is 6.54 Å². The Hall–Kier alpha value is -1.84. The molecule has 0 heterocycles. The number of benzene rings is 1. The first-order chi connectivity index (χ1) is 7.95. The zero-order valence-electron chi connectivity index (χ0n) is 8.88. The van der Waals surface area contributed by atoms with Crippen molar-refractivity contribution in [3.05, 3.63) is 29.8 Å². The summed E-state index contributed by atoms with van der Waals surface area (Å²) in [5.74, 6) is 1.20. The molecule has 1 rings (SSSR count). The van der Waals surface area contributed by atoms with Crippen LogP contribution in [0.5, 0.6) is 0 Å². The van der Waals surface area contributed by atoms with Crippen LogP contribution in [0.2, 0.25) is 0 Å². The molecule has 0 aromatic heterocycles. The van der Waals surface area contributed by atoms with Gasteiger partial charge in [0.05, 0.1) is 17.9 Å². The third kappa shape index (κ3) is 3.90. The van der Waals surface area contributed by atoms with Crippen LogP contribution < -0.4 is 4.72 Å². The molecule has 0 saturated carbocycles. The van der Waals surface area contributed by atoms with E-state index < -0.39 is 16.0 Å². The first-order valence-corrected chi connectivity index (χ1v) is 6.18. The highest BCUT2D eigenvalue weighted by molar-refractivity contribution is 7.89. The number of rotatable bonds is 5. The Balaban J connectivity index is 2.88. The van der Waals surface area contributed by atoms with Gasteiger partial charge in [-0.2, -0.15) is 4.72 Å². The van der Waals surface area contributed by atoms with E-state index in [1.165, 1.54) is 24.3 Å². The Bertz CT molecular complexity index is 540. The van der Waals surface area contributed by atoms with Crippen LogP contribution in [0.4, 0.5) is 0 Å². The van der Waals surface area contributed by atoms with E-state index in [2.05, 4.69) is 10.6 Å². The van der Waals surface area contributed by atoms with Gasteiger partial charge in [0.15, 0.2) is 0 Å². The van der Waals surface area contributed by atoms with E-state index in [0.717, 1.165) is 0 Å². The Labute approximate surface area is 99.5 Å². The van der Waals surface area contributed by atoms with Gasteiger partial charge in [0.25, 0.3) is 0 Å². The predicted octanol–water partition coefficient (Wildman–Crippen LogP) is 0.225. The Kier molecular flexibility index (Phi) is 4.26. The lowest BCUT2D eigenvalue weighted by Crippen LogP contribution is -2.23. The van der Waals surface area contributed by atoms with E-state index in [9.17, 15) is 13.2 Å². The molecule has 0 fully saturated rings. The SMILES string of the molecule is C#CCNS(=O)(=O)c1ccc(CC(=O)O)cc1. The second-order valence-electron chi connectivity index (χ2n) is 3.24. The van der Waals surface area contributed by atoms with Gasteiger partial charge < -0.3 is 5.11 Å². The van der Waals surface area contributed by atoms with Crippen molar-refractivity contribution in [3.63, 3.8) is 0 Å². The lowest BCUT2D eigenvalue weighted by atomic mass is 10.2. The average molecular weight is 253 g/mol. The monoisotopic (exact) mass is 253 g/mol. The summed E-state index contributed by atoms with van der Waals surface area (Å²) >= 11 is 0. The highest BCUT2D eigenvalue weighted by atomic mass is 32.2. The van der Waals surface area contributed by atoms with E-state index >= 15 is 0 Å². The van der Waals surface area contributed by atoms with E-state index in [1.807, 2.05) is 0 Å². The normalized spacial score (nSPS) is 10.8. The van der Waals surface area contributed by atoms with Gasteiger partial charge in [-0.05, 0) is 17.7 Å². The molecule has 0 aliphatic rings. The summed E-state index contributed by atoms with van der Waals surface area (Å²) < 4.78 is 25.4. The number of carboxylic acids is 1. The molecule has 5 nitrogen and oxygen atoms in total. The molecule has 1 aromatic rings. The molecule has 6 heteroatoms. The highest BCUT2D eigenvalue weighted by Crippen LogP contribution is 2.10. The van der Waals surface area contributed by atoms with Crippen molar-refractivity contribution >= 4 is 16.0 Å². The van der Waals surface area contributed by atoms with Crippen LogP contribution in [0, 0.1) is 12.3 Å². The van der Waals surface area contributed by atoms with Gasteiger partial charge in [0, 0.05) is 0 Å².